The van der Waals surface area contributed by atoms with Gasteiger partial charge in [-0.05, 0) is 31.5 Å². The van der Waals surface area contributed by atoms with Gasteiger partial charge in [-0.25, -0.2) is 4.79 Å². The van der Waals surface area contributed by atoms with Crippen molar-refractivity contribution in [2.75, 3.05) is 0 Å². The number of amides is 1. The summed E-state index contributed by atoms with van der Waals surface area (Å²) in [5.41, 5.74) is 6.24. The van der Waals surface area contributed by atoms with E-state index in [1.807, 2.05) is 0 Å². The summed E-state index contributed by atoms with van der Waals surface area (Å²) in [4.78, 5) is 35.2. The number of nitrogens with one attached hydrogen (secondary N) is 2. The van der Waals surface area contributed by atoms with E-state index in [0.717, 1.165) is 11.8 Å². The molecule has 6 N–H and O–H groups in total. The highest BCUT2D eigenvalue weighted by molar-refractivity contribution is 8.01. The number of carbonyl (C=O) groups is 3. The van der Waals surface area contributed by atoms with Crippen LogP contribution in [0.15, 0.2) is 24.3 Å². The summed E-state index contributed by atoms with van der Waals surface area (Å²) in [5.74, 6) is -3.40. The van der Waals surface area contributed by atoms with Crippen molar-refractivity contribution in [3.05, 3.63) is 29.8 Å². The highest BCUT2D eigenvalue weighted by Gasteiger charge is 2.47. The number of hydrogen-bond acceptors (Lipinski definition) is 8. The van der Waals surface area contributed by atoms with Gasteiger partial charge in [0.2, 0.25) is 5.91 Å². The SMILES string of the molecule is CC1(C)S[C@H]([C@H](NC(=O)[C@H](N)c2ccc(O)cc2)C(=O)O)N[C@H]1C(=O)[O-]. The molecule has 0 spiro atoms. The van der Waals surface area contributed by atoms with Crippen molar-refractivity contribution in [2.45, 2.75) is 42.1 Å². The van der Waals surface area contributed by atoms with Gasteiger partial charge in [-0.15, -0.1) is 11.8 Å². The maximum Gasteiger partial charge on any atom is 0.328 e. The van der Waals surface area contributed by atoms with Gasteiger partial charge in [-0.1, -0.05) is 12.1 Å². The normalized spacial score (nSPS) is 23.8. The number of carboxylic acid groups (broad SMARTS) is 2. The standard InChI is InChI=1S/C16H21N3O6S/c1-16(2)11(15(24)25)19-13(26-16)10(14(22)23)18-12(21)9(17)7-3-5-8(20)6-4-7/h3-6,9-11,13,19-20H,17H2,1-2H3,(H,18,21)(H,22,23)(H,24,25)/p-1/t9-,10+,11+,13-/m1/s1. The van der Waals surface area contributed by atoms with Crippen LogP contribution in [0.2, 0.25) is 0 Å². The van der Waals surface area contributed by atoms with Crippen LogP contribution in [0.5, 0.6) is 5.75 Å². The molecule has 0 unspecified atom stereocenters. The van der Waals surface area contributed by atoms with E-state index in [1.165, 1.54) is 24.3 Å². The minimum absolute atomic E-state index is 0.00637. The molecule has 1 aliphatic heterocycles. The number of carboxylic acids is 2. The summed E-state index contributed by atoms with van der Waals surface area (Å²) in [6.45, 7) is 3.29. The summed E-state index contributed by atoms with van der Waals surface area (Å²) in [7, 11) is 0. The van der Waals surface area contributed by atoms with E-state index in [0.29, 0.717) is 5.56 Å². The van der Waals surface area contributed by atoms with Crippen molar-refractivity contribution in [1.29, 1.82) is 0 Å². The molecule has 2 rings (SSSR count). The van der Waals surface area contributed by atoms with Crippen LogP contribution in [0.4, 0.5) is 0 Å². The number of hydrogen-bond donors (Lipinski definition) is 5. The molecule has 1 amide bonds. The molecule has 142 valence electrons. The van der Waals surface area contributed by atoms with Crippen LogP contribution >= 0.6 is 11.8 Å². The second-order valence-corrected chi connectivity index (χ2v) is 8.25. The first-order chi connectivity index (χ1) is 12.0. The predicted molar refractivity (Wildman–Crippen MR) is 92.0 cm³/mol. The third-order valence-electron chi connectivity index (χ3n) is 4.09. The highest BCUT2D eigenvalue weighted by atomic mass is 32.2. The quantitative estimate of drug-likeness (QED) is 0.394. The minimum Gasteiger partial charge on any atom is -0.548 e. The number of thioether (sulfide) groups is 1. The van der Waals surface area contributed by atoms with Crippen LogP contribution in [0, 0.1) is 0 Å². The molecule has 1 aromatic carbocycles. The zero-order valence-electron chi connectivity index (χ0n) is 14.1. The Balaban J connectivity index is 2.13. The smallest absolute Gasteiger partial charge is 0.328 e. The number of carbonyl (C=O) groups excluding carboxylic acids is 2. The molecule has 4 atom stereocenters. The fourth-order valence-corrected chi connectivity index (χ4v) is 4.13. The van der Waals surface area contributed by atoms with Crippen LogP contribution in [-0.2, 0) is 14.4 Å². The van der Waals surface area contributed by atoms with Gasteiger partial charge in [0, 0.05) is 4.75 Å². The maximum absolute atomic E-state index is 12.3. The molecule has 1 saturated heterocycles. The molecular weight excluding hydrogens is 362 g/mol. The lowest BCUT2D eigenvalue weighted by atomic mass is 10.0. The van der Waals surface area contributed by atoms with E-state index in [-0.39, 0.29) is 5.75 Å². The Morgan fingerprint density at radius 3 is 2.35 bits per heavy atom. The number of rotatable bonds is 6. The van der Waals surface area contributed by atoms with Crippen molar-refractivity contribution in [3.8, 4) is 5.75 Å². The maximum atomic E-state index is 12.3. The summed E-state index contributed by atoms with van der Waals surface area (Å²) < 4.78 is -0.818. The van der Waals surface area contributed by atoms with Crippen molar-refractivity contribution < 1.29 is 29.7 Å². The molecule has 0 aliphatic carbocycles. The minimum atomic E-state index is -1.39. The van der Waals surface area contributed by atoms with E-state index in [2.05, 4.69) is 10.6 Å². The lowest BCUT2D eigenvalue weighted by Crippen LogP contribution is -2.57. The van der Waals surface area contributed by atoms with E-state index in [1.54, 1.807) is 13.8 Å². The van der Waals surface area contributed by atoms with Crippen LogP contribution in [0.3, 0.4) is 0 Å². The molecule has 0 saturated carbocycles. The summed E-state index contributed by atoms with van der Waals surface area (Å²) in [5, 5.41) is 34.1. The lowest BCUT2D eigenvalue weighted by Gasteiger charge is -2.25. The second-order valence-electron chi connectivity index (χ2n) is 6.45. The number of benzene rings is 1. The zero-order valence-corrected chi connectivity index (χ0v) is 14.9. The third kappa shape index (κ3) is 4.26. The first-order valence-corrected chi connectivity index (χ1v) is 8.63. The summed E-state index contributed by atoms with van der Waals surface area (Å²) in [6.07, 6.45) is 0. The fourth-order valence-electron chi connectivity index (χ4n) is 2.65. The number of aromatic hydroxyl groups is 1. The Bertz CT molecular complexity index is 708. The van der Waals surface area contributed by atoms with Crippen LogP contribution in [0.25, 0.3) is 0 Å². The van der Waals surface area contributed by atoms with E-state index in [4.69, 9.17) is 5.73 Å². The first-order valence-electron chi connectivity index (χ1n) is 7.75. The molecule has 0 aromatic heterocycles. The molecule has 0 bridgehead atoms. The van der Waals surface area contributed by atoms with Crippen LogP contribution in [0.1, 0.15) is 25.5 Å². The average molecular weight is 382 g/mol. The van der Waals surface area contributed by atoms with Crippen LogP contribution in [-0.4, -0.2) is 50.3 Å². The third-order valence-corrected chi connectivity index (χ3v) is 5.60. The van der Waals surface area contributed by atoms with Gasteiger partial charge in [-0.3, -0.25) is 10.1 Å². The topological polar surface area (TPSA) is 165 Å². The first kappa shape index (κ1) is 20.0. The summed E-state index contributed by atoms with van der Waals surface area (Å²) >= 11 is 1.09. The van der Waals surface area contributed by atoms with Gasteiger partial charge in [-0.2, -0.15) is 0 Å². The zero-order chi connectivity index (χ0) is 19.6. The lowest BCUT2D eigenvalue weighted by molar-refractivity contribution is -0.308. The number of phenolic OH excluding ortho intramolecular Hbond substituents is 1. The van der Waals surface area contributed by atoms with E-state index in [9.17, 15) is 29.7 Å². The molecule has 1 heterocycles. The van der Waals surface area contributed by atoms with Gasteiger partial charge in [0.1, 0.15) is 11.8 Å². The molecule has 10 heteroatoms. The van der Waals surface area contributed by atoms with E-state index >= 15 is 0 Å². The number of nitrogens with two attached hydrogens (primary N) is 1. The monoisotopic (exact) mass is 382 g/mol. The molecular formula is C16H20N3O6S-. The Morgan fingerprint density at radius 2 is 1.88 bits per heavy atom. The van der Waals surface area contributed by atoms with Gasteiger partial charge in [0.05, 0.1) is 17.4 Å². The molecule has 26 heavy (non-hydrogen) atoms. The number of aliphatic carboxylic acids is 2. The summed E-state index contributed by atoms with van der Waals surface area (Å²) in [6, 6.07) is 2.02. The van der Waals surface area contributed by atoms with Gasteiger partial charge < -0.3 is 31.2 Å². The van der Waals surface area contributed by atoms with E-state index < -0.39 is 46.1 Å². The molecule has 9 nitrogen and oxygen atoms in total. The Kier molecular flexibility index (Phi) is 5.79. The molecule has 1 aromatic rings. The Labute approximate surface area is 154 Å². The fraction of sp³-hybridized carbons (Fsp3) is 0.438. The molecule has 0 radical (unpaired) electrons. The van der Waals surface area contributed by atoms with Crippen molar-refractivity contribution in [2.24, 2.45) is 5.73 Å². The largest absolute Gasteiger partial charge is 0.548 e. The van der Waals surface area contributed by atoms with Crippen molar-refractivity contribution >= 4 is 29.6 Å². The molecule has 1 fully saturated rings. The highest BCUT2D eigenvalue weighted by Crippen LogP contribution is 2.39. The van der Waals surface area contributed by atoms with Gasteiger partial charge in [0.15, 0.2) is 6.04 Å². The Morgan fingerprint density at radius 1 is 1.31 bits per heavy atom. The molecule has 1 aliphatic rings. The van der Waals surface area contributed by atoms with Crippen molar-refractivity contribution in [3.63, 3.8) is 0 Å². The van der Waals surface area contributed by atoms with Gasteiger partial charge >= 0.3 is 5.97 Å². The Hall–Kier alpha value is -2.30. The average Bonchev–Trinajstić information content (AvgIpc) is 2.87. The number of phenols is 1. The second kappa shape index (κ2) is 7.52. The van der Waals surface area contributed by atoms with Crippen molar-refractivity contribution in [1.82, 2.24) is 10.6 Å². The van der Waals surface area contributed by atoms with Gasteiger partial charge in [0.25, 0.3) is 0 Å². The van der Waals surface area contributed by atoms with Crippen LogP contribution < -0.4 is 21.5 Å². The predicted octanol–water partition coefficient (Wildman–Crippen LogP) is -1.48.